The summed E-state index contributed by atoms with van der Waals surface area (Å²) >= 11 is 0. The summed E-state index contributed by atoms with van der Waals surface area (Å²) in [6.07, 6.45) is 0. The fourth-order valence-corrected chi connectivity index (χ4v) is 1.83. The lowest BCUT2D eigenvalue weighted by atomic mass is 10.1. The van der Waals surface area contributed by atoms with E-state index in [-0.39, 0.29) is 28.6 Å². The largest absolute Gasteiger partial charge is 0.493 e. The van der Waals surface area contributed by atoms with Gasteiger partial charge in [-0.15, -0.1) is 0 Å². The number of methoxy groups -OCH3 is 1. The quantitative estimate of drug-likeness (QED) is 0.839. The molecule has 0 saturated heterocycles. The van der Waals surface area contributed by atoms with Gasteiger partial charge in [-0.05, 0) is 18.2 Å². The van der Waals surface area contributed by atoms with E-state index in [1.54, 1.807) is 24.3 Å². The number of nitrogens with one attached hydrogen (secondary N) is 1. The molecule has 1 amide bonds. The van der Waals surface area contributed by atoms with Crippen LogP contribution in [0.25, 0.3) is 0 Å². The molecule has 0 spiro atoms. The van der Waals surface area contributed by atoms with Crippen LogP contribution in [0.2, 0.25) is 0 Å². The highest BCUT2D eigenvalue weighted by molar-refractivity contribution is 6.11. The molecule has 0 fully saturated rings. The summed E-state index contributed by atoms with van der Waals surface area (Å²) in [4.78, 5) is 27.9. The number of anilines is 2. The van der Waals surface area contributed by atoms with E-state index in [0.29, 0.717) is 5.69 Å². The van der Waals surface area contributed by atoms with Crippen LogP contribution in [0.1, 0.15) is 27.8 Å². The summed E-state index contributed by atoms with van der Waals surface area (Å²) in [6, 6.07) is 10.3. The number of amides is 1. The van der Waals surface area contributed by atoms with Crippen molar-refractivity contribution in [3.05, 3.63) is 47.7 Å². The Morgan fingerprint density at radius 3 is 2.48 bits per heavy atom. The number of carbonyl (C=O) groups excluding carboxylic acids is 2. The molecule has 0 bridgehead atoms. The van der Waals surface area contributed by atoms with Crippen LogP contribution in [-0.4, -0.2) is 23.8 Å². The van der Waals surface area contributed by atoms with Crippen molar-refractivity contribution in [1.29, 1.82) is 0 Å². The molecule has 108 valence electrons. The van der Waals surface area contributed by atoms with Crippen LogP contribution in [0.15, 0.2) is 36.4 Å². The summed E-state index contributed by atoms with van der Waals surface area (Å²) in [6.45, 7) is 1.33. The number of rotatable bonds is 4. The number of benzene rings is 1. The van der Waals surface area contributed by atoms with E-state index < -0.39 is 5.91 Å². The van der Waals surface area contributed by atoms with Gasteiger partial charge in [0.1, 0.15) is 5.69 Å². The van der Waals surface area contributed by atoms with Gasteiger partial charge < -0.3 is 15.8 Å². The van der Waals surface area contributed by atoms with Gasteiger partial charge in [-0.3, -0.25) is 9.59 Å². The van der Waals surface area contributed by atoms with Crippen molar-refractivity contribution >= 4 is 23.2 Å². The van der Waals surface area contributed by atoms with Crippen LogP contribution in [0.5, 0.6) is 5.75 Å². The Balaban J connectivity index is 2.41. The lowest BCUT2D eigenvalue weighted by Crippen LogP contribution is -2.18. The molecular weight excluding hydrogens is 270 g/mol. The Hall–Kier alpha value is -2.89. The van der Waals surface area contributed by atoms with Crippen molar-refractivity contribution in [2.75, 3.05) is 18.2 Å². The molecule has 0 aliphatic rings. The van der Waals surface area contributed by atoms with Crippen LogP contribution in [0.4, 0.5) is 11.5 Å². The number of Topliss-reactive ketones (excluding diaryl/α,β-unsaturated/α-hetero) is 1. The fraction of sp³-hybridized carbons (Fsp3) is 0.133. The van der Waals surface area contributed by atoms with Gasteiger partial charge in [0.25, 0.3) is 5.91 Å². The van der Waals surface area contributed by atoms with E-state index >= 15 is 0 Å². The molecular formula is C15H15N3O3. The zero-order valence-electron chi connectivity index (χ0n) is 11.7. The smallest absolute Gasteiger partial charge is 0.258 e. The Morgan fingerprint density at radius 2 is 1.90 bits per heavy atom. The predicted molar refractivity (Wildman–Crippen MR) is 79.6 cm³/mol. The fourth-order valence-electron chi connectivity index (χ4n) is 1.83. The number of nitrogens with two attached hydrogens (primary N) is 1. The Labute approximate surface area is 121 Å². The third kappa shape index (κ3) is 3.17. The van der Waals surface area contributed by atoms with Gasteiger partial charge in [0, 0.05) is 12.6 Å². The molecule has 0 saturated carbocycles. The maximum atomic E-state index is 12.3. The predicted octanol–water partition coefficient (Wildman–Crippen LogP) is 2.13. The van der Waals surface area contributed by atoms with Gasteiger partial charge in [-0.2, -0.15) is 0 Å². The van der Waals surface area contributed by atoms with Crippen molar-refractivity contribution in [2.24, 2.45) is 0 Å². The highest BCUT2D eigenvalue weighted by Gasteiger charge is 2.19. The van der Waals surface area contributed by atoms with Crippen molar-refractivity contribution < 1.29 is 14.3 Å². The maximum absolute atomic E-state index is 12.3. The maximum Gasteiger partial charge on any atom is 0.258 e. The minimum atomic E-state index is -0.447. The van der Waals surface area contributed by atoms with Crippen LogP contribution >= 0.6 is 0 Å². The average molecular weight is 285 g/mol. The van der Waals surface area contributed by atoms with Crippen LogP contribution in [0, 0.1) is 0 Å². The van der Waals surface area contributed by atoms with Crippen molar-refractivity contribution in [3.63, 3.8) is 0 Å². The van der Waals surface area contributed by atoms with Gasteiger partial charge in [-0.1, -0.05) is 18.2 Å². The molecule has 0 atom stereocenters. The van der Waals surface area contributed by atoms with Crippen molar-refractivity contribution in [2.45, 2.75) is 6.92 Å². The molecule has 6 heteroatoms. The molecule has 0 aliphatic heterocycles. The number of hydrogen-bond donors (Lipinski definition) is 2. The molecule has 2 aromatic rings. The second-order valence-electron chi connectivity index (χ2n) is 4.35. The van der Waals surface area contributed by atoms with Crippen LogP contribution in [0.3, 0.4) is 0 Å². The van der Waals surface area contributed by atoms with E-state index in [9.17, 15) is 9.59 Å². The van der Waals surface area contributed by atoms with Gasteiger partial charge in [0.2, 0.25) is 0 Å². The van der Waals surface area contributed by atoms with Gasteiger partial charge in [0.15, 0.2) is 17.4 Å². The summed E-state index contributed by atoms with van der Waals surface area (Å²) < 4.78 is 5.04. The summed E-state index contributed by atoms with van der Waals surface area (Å²) in [5, 5.41) is 2.70. The van der Waals surface area contributed by atoms with E-state index in [4.69, 9.17) is 10.5 Å². The number of hydrogen-bond acceptors (Lipinski definition) is 5. The first kappa shape index (κ1) is 14.5. The third-order valence-electron chi connectivity index (χ3n) is 2.84. The average Bonchev–Trinajstić information content (AvgIpc) is 2.47. The first-order valence-corrected chi connectivity index (χ1v) is 6.24. The van der Waals surface area contributed by atoms with E-state index in [2.05, 4.69) is 10.3 Å². The number of nitrogens with zero attached hydrogens (tertiary/aromatic N) is 1. The van der Waals surface area contributed by atoms with E-state index in [0.717, 1.165) is 0 Å². The minimum absolute atomic E-state index is 0.0155. The molecule has 0 unspecified atom stereocenters. The summed E-state index contributed by atoms with van der Waals surface area (Å²) in [5.74, 6) is -0.475. The molecule has 1 heterocycles. The summed E-state index contributed by atoms with van der Waals surface area (Å²) in [5.41, 5.74) is 6.43. The topological polar surface area (TPSA) is 94.3 Å². The molecule has 3 N–H and O–H groups in total. The highest BCUT2D eigenvalue weighted by atomic mass is 16.5. The number of ketones is 1. The van der Waals surface area contributed by atoms with E-state index in [1.807, 2.05) is 6.07 Å². The highest BCUT2D eigenvalue weighted by Crippen LogP contribution is 2.23. The third-order valence-corrected chi connectivity index (χ3v) is 2.84. The standard InChI is InChI=1S/C15H15N3O3/c1-9(19)13-11(8-12(21-2)14(16)18-13)15(20)17-10-6-4-3-5-7-10/h3-8H,1-2H3,(H2,16,18)(H,17,20). The second kappa shape index (κ2) is 6.04. The molecule has 0 aliphatic carbocycles. The molecule has 0 radical (unpaired) electrons. The number of nitrogen functional groups attached to an aromatic ring is 1. The second-order valence-corrected chi connectivity index (χ2v) is 4.35. The number of ether oxygens (including phenoxy) is 1. The Bertz CT molecular complexity index is 684. The number of carbonyl (C=O) groups is 2. The Morgan fingerprint density at radius 1 is 1.24 bits per heavy atom. The van der Waals surface area contributed by atoms with E-state index in [1.165, 1.54) is 20.1 Å². The Kier molecular flexibility index (Phi) is 4.18. The summed E-state index contributed by atoms with van der Waals surface area (Å²) in [7, 11) is 1.42. The zero-order valence-corrected chi connectivity index (χ0v) is 11.7. The number of para-hydroxylation sites is 1. The van der Waals surface area contributed by atoms with Crippen LogP contribution < -0.4 is 15.8 Å². The first-order valence-electron chi connectivity index (χ1n) is 6.24. The molecule has 2 rings (SSSR count). The normalized spacial score (nSPS) is 10.0. The molecule has 1 aromatic heterocycles. The lowest BCUT2D eigenvalue weighted by molar-refractivity contribution is 0.0981. The van der Waals surface area contributed by atoms with Crippen molar-refractivity contribution in [3.8, 4) is 5.75 Å². The van der Waals surface area contributed by atoms with Gasteiger partial charge in [-0.25, -0.2) is 4.98 Å². The monoisotopic (exact) mass is 285 g/mol. The van der Waals surface area contributed by atoms with Gasteiger partial charge in [0.05, 0.1) is 12.7 Å². The zero-order chi connectivity index (χ0) is 15.4. The SMILES string of the molecule is COc1cc(C(=O)Nc2ccccc2)c(C(C)=O)nc1N. The van der Waals surface area contributed by atoms with Gasteiger partial charge >= 0.3 is 0 Å². The molecule has 21 heavy (non-hydrogen) atoms. The molecule has 1 aromatic carbocycles. The first-order chi connectivity index (χ1) is 10.0. The lowest BCUT2D eigenvalue weighted by Gasteiger charge is -2.11. The molecule has 6 nitrogen and oxygen atoms in total. The number of aromatic nitrogens is 1. The number of pyridine rings is 1. The van der Waals surface area contributed by atoms with Crippen molar-refractivity contribution in [1.82, 2.24) is 4.98 Å². The van der Waals surface area contributed by atoms with Crippen LogP contribution in [-0.2, 0) is 0 Å². The minimum Gasteiger partial charge on any atom is -0.493 e.